The van der Waals surface area contributed by atoms with E-state index in [1.54, 1.807) is 12.3 Å². The average molecular weight is 300 g/mol. The zero-order valence-electron chi connectivity index (χ0n) is 10.4. The van der Waals surface area contributed by atoms with Crippen LogP contribution in [0.15, 0.2) is 16.7 Å². The molecule has 3 N–H and O–H groups in total. The molecule has 0 bridgehead atoms. The van der Waals surface area contributed by atoms with Crippen molar-refractivity contribution in [3.05, 3.63) is 22.3 Å². The van der Waals surface area contributed by atoms with E-state index in [9.17, 15) is 4.79 Å². The number of rotatable bonds is 3. The molecule has 0 spiro atoms. The summed E-state index contributed by atoms with van der Waals surface area (Å²) in [5.41, 5.74) is 6.27. The molecule has 1 aromatic heterocycles. The number of anilines is 1. The van der Waals surface area contributed by atoms with Crippen LogP contribution in [0.2, 0.25) is 0 Å². The maximum absolute atomic E-state index is 11.9. The van der Waals surface area contributed by atoms with Gasteiger partial charge in [-0.05, 0) is 33.8 Å². The molecule has 94 valence electrons. The molecule has 0 aromatic carbocycles. The Morgan fingerprint density at radius 3 is 2.76 bits per heavy atom. The number of carbonyl (C=O) groups is 1. The molecule has 1 aromatic rings. The molecule has 0 unspecified atom stereocenters. The van der Waals surface area contributed by atoms with Crippen molar-refractivity contribution < 1.29 is 4.79 Å². The quantitative estimate of drug-likeness (QED) is 0.901. The summed E-state index contributed by atoms with van der Waals surface area (Å²) in [6, 6.07) is 1.68. The van der Waals surface area contributed by atoms with Crippen molar-refractivity contribution in [1.82, 2.24) is 10.3 Å². The van der Waals surface area contributed by atoms with Gasteiger partial charge in [-0.25, -0.2) is 4.98 Å². The molecule has 1 amide bonds. The Bertz CT molecular complexity index is 413. The summed E-state index contributed by atoms with van der Waals surface area (Å²) in [7, 11) is 0. The molecular formula is C12H18BrN3O. The first-order chi connectivity index (χ1) is 7.79. The first-order valence-electron chi connectivity index (χ1n) is 5.49. The lowest BCUT2D eigenvalue weighted by atomic mass is 9.92. The molecule has 0 aliphatic rings. The van der Waals surface area contributed by atoms with Gasteiger partial charge in [-0.1, -0.05) is 20.8 Å². The minimum atomic E-state index is -0.180. The third-order valence-electron chi connectivity index (χ3n) is 2.29. The molecule has 5 heteroatoms. The number of nitrogen functional groups attached to an aromatic ring is 1. The smallest absolute Gasteiger partial charge is 0.255 e. The molecule has 1 rings (SSSR count). The Hall–Kier alpha value is -1.10. The minimum Gasteiger partial charge on any atom is -0.383 e. The SMILES string of the molecule is CC(C)(C)CCNC(=O)c1cc(Br)cnc1N. The summed E-state index contributed by atoms with van der Waals surface area (Å²) >= 11 is 3.27. The normalized spacial score (nSPS) is 11.3. The van der Waals surface area contributed by atoms with Crippen LogP contribution in [0.3, 0.4) is 0 Å². The number of carbonyl (C=O) groups excluding carboxylic acids is 1. The van der Waals surface area contributed by atoms with Crippen molar-refractivity contribution in [2.45, 2.75) is 27.2 Å². The molecule has 17 heavy (non-hydrogen) atoms. The van der Waals surface area contributed by atoms with Gasteiger partial charge in [-0.2, -0.15) is 0 Å². The van der Waals surface area contributed by atoms with Crippen molar-refractivity contribution in [1.29, 1.82) is 0 Å². The van der Waals surface area contributed by atoms with Crippen molar-refractivity contribution in [2.24, 2.45) is 5.41 Å². The number of amides is 1. The van der Waals surface area contributed by atoms with E-state index in [1.807, 2.05) is 0 Å². The molecule has 4 nitrogen and oxygen atoms in total. The van der Waals surface area contributed by atoms with Crippen molar-refractivity contribution in [2.75, 3.05) is 12.3 Å². The predicted octanol–water partition coefficient (Wildman–Crippen LogP) is 2.59. The maximum atomic E-state index is 11.9. The van der Waals surface area contributed by atoms with Crippen LogP contribution in [0.5, 0.6) is 0 Å². The summed E-state index contributed by atoms with van der Waals surface area (Å²) < 4.78 is 0.743. The van der Waals surface area contributed by atoms with E-state index in [1.165, 1.54) is 0 Å². The Kier molecular flexibility index (Phi) is 4.51. The lowest BCUT2D eigenvalue weighted by Gasteiger charge is -2.18. The van der Waals surface area contributed by atoms with E-state index < -0.39 is 0 Å². The summed E-state index contributed by atoms with van der Waals surface area (Å²) in [5, 5.41) is 2.84. The Morgan fingerprint density at radius 1 is 1.53 bits per heavy atom. The minimum absolute atomic E-state index is 0.180. The fourth-order valence-electron chi connectivity index (χ4n) is 1.28. The standard InChI is InChI=1S/C12H18BrN3O/c1-12(2,3)4-5-15-11(17)9-6-8(13)7-16-10(9)14/h6-7H,4-5H2,1-3H3,(H2,14,16)(H,15,17). The number of nitrogens with two attached hydrogens (primary N) is 1. The summed E-state index contributed by atoms with van der Waals surface area (Å²) in [6.07, 6.45) is 2.49. The lowest BCUT2D eigenvalue weighted by molar-refractivity contribution is 0.0950. The third kappa shape index (κ3) is 4.73. The van der Waals surface area contributed by atoms with E-state index in [2.05, 4.69) is 47.0 Å². The molecular weight excluding hydrogens is 282 g/mol. The summed E-state index contributed by atoms with van der Waals surface area (Å²) in [6.45, 7) is 7.03. The van der Waals surface area contributed by atoms with Crippen LogP contribution in [0, 0.1) is 5.41 Å². The van der Waals surface area contributed by atoms with Crippen molar-refractivity contribution in [3.8, 4) is 0 Å². The van der Waals surface area contributed by atoms with E-state index in [4.69, 9.17) is 5.73 Å². The maximum Gasteiger partial charge on any atom is 0.255 e. The summed E-state index contributed by atoms with van der Waals surface area (Å²) in [5.74, 6) is 0.0713. The van der Waals surface area contributed by atoms with Gasteiger partial charge in [0.15, 0.2) is 0 Å². The molecule has 0 saturated carbocycles. The fourth-order valence-corrected chi connectivity index (χ4v) is 1.61. The number of hydrogen-bond donors (Lipinski definition) is 2. The van der Waals surface area contributed by atoms with Crippen LogP contribution in [0.1, 0.15) is 37.6 Å². The third-order valence-corrected chi connectivity index (χ3v) is 2.72. The predicted molar refractivity (Wildman–Crippen MR) is 72.8 cm³/mol. The number of aromatic nitrogens is 1. The van der Waals surface area contributed by atoms with Gasteiger partial charge in [0.25, 0.3) is 5.91 Å². The fraction of sp³-hybridized carbons (Fsp3) is 0.500. The van der Waals surface area contributed by atoms with Gasteiger partial charge < -0.3 is 11.1 Å². The number of halogens is 1. The molecule has 0 aliphatic carbocycles. The molecule has 0 aliphatic heterocycles. The van der Waals surface area contributed by atoms with Crippen LogP contribution in [0.25, 0.3) is 0 Å². The molecule has 0 fully saturated rings. The molecule has 0 saturated heterocycles. The van der Waals surface area contributed by atoms with Crippen LogP contribution >= 0.6 is 15.9 Å². The Morgan fingerprint density at radius 2 is 2.18 bits per heavy atom. The monoisotopic (exact) mass is 299 g/mol. The van der Waals surface area contributed by atoms with Gasteiger partial charge >= 0.3 is 0 Å². The highest BCUT2D eigenvalue weighted by Gasteiger charge is 2.13. The largest absolute Gasteiger partial charge is 0.383 e. The van der Waals surface area contributed by atoms with Gasteiger partial charge in [-0.3, -0.25) is 4.79 Å². The second kappa shape index (κ2) is 5.49. The van der Waals surface area contributed by atoms with E-state index >= 15 is 0 Å². The lowest BCUT2D eigenvalue weighted by Crippen LogP contribution is -2.28. The van der Waals surface area contributed by atoms with Gasteiger partial charge in [0.05, 0.1) is 5.56 Å². The zero-order valence-corrected chi connectivity index (χ0v) is 12.0. The van der Waals surface area contributed by atoms with E-state index in [0.29, 0.717) is 12.1 Å². The highest BCUT2D eigenvalue weighted by molar-refractivity contribution is 9.10. The topological polar surface area (TPSA) is 68.0 Å². The highest BCUT2D eigenvalue weighted by atomic mass is 79.9. The average Bonchev–Trinajstić information content (AvgIpc) is 2.19. The van der Waals surface area contributed by atoms with Gasteiger partial charge in [-0.15, -0.1) is 0 Å². The first-order valence-corrected chi connectivity index (χ1v) is 6.28. The van der Waals surface area contributed by atoms with Crippen molar-refractivity contribution >= 4 is 27.7 Å². The van der Waals surface area contributed by atoms with Crippen LogP contribution < -0.4 is 11.1 Å². The van der Waals surface area contributed by atoms with E-state index in [0.717, 1.165) is 10.9 Å². The molecule has 0 radical (unpaired) electrons. The number of hydrogen-bond acceptors (Lipinski definition) is 3. The Labute approximate surface area is 110 Å². The van der Waals surface area contributed by atoms with Crippen molar-refractivity contribution in [3.63, 3.8) is 0 Å². The van der Waals surface area contributed by atoms with E-state index in [-0.39, 0.29) is 17.1 Å². The molecule has 1 heterocycles. The highest BCUT2D eigenvalue weighted by Crippen LogP contribution is 2.18. The van der Waals surface area contributed by atoms with Gasteiger partial charge in [0.1, 0.15) is 5.82 Å². The van der Waals surface area contributed by atoms with Gasteiger partial charge in [0.2, 0.25) is 0 Å². The summed E-state index contributed by atoms with van der Waals surface area (Å²) in [4.78, 5) is 15.8. The van der Waals surface area contributed by atoms with Crippen LogP contribution in [-0.2, 0) is 0 Å². The van der Waals surface area contributed by atoms with Crippen LogP contribution in [-0.4, -0.2) is 17.4 Å². The second-order valence-corrected chi connectivity index (χ2v) is 6.07. The van der Waals surface area contributed by atoms with Crippen LogP contribution in [0.4, 0.5) is 5.82 Å². The second-order valence-electron chi connectivity index (χ2n) is 5.15. The number of nitrogens with zero attached hydrogens (tertiary/aromatic N) is 1. The first kappa shape index (κ1) is 14.0. The zero-order chi connectivity index (χ0) is 13.1. The molecule has 0 atom stereocenters. The number of pyridine rings is 1. The van der Waals surface area contributed by atoms with Gasteiger partial charge in [0, 0.05) is 17.2 Å². The number of nitrogens with one attached hydrogen (secondary N) is 1. The Balaban J connectivity index is 2.61.